The minimum Gasteiger partial charge on any atom is -0.457 e. The summed E-state index contributed by atoms with van der Waals surface area (Å²) in [5.41, 5.74) is 6.09. The van der Waals surface area contributed by atoms with Crippen LogP contribution in [-0.2, 0) is 35.2 Å². The maximum Gasteiger partial charge on any atom is 0.316 e. The van der Waals surface area contributed by atoms with Crippen molar-refractivity contribution in [2.75, 3.05) is 12.4 Å². The molecular formula is C23H24O3S. The van der Waals surface area contributed by atoms with E-state index in [-0.39, 0.29) is 24.1 Å². The molecule has 0 fully saturated rings. The van der Waals surface area contributed by atoms with E-state index in [1.165, 1.54) is 53.3 Å². The number of benzene rings is 2. The van der Waals surface area contributed by atoms with E-state index in [4.69, 9.17) is 4.74 Å². The van der Waals surface area contributed by atoms with Crippen LogP contribution in [-0.4, -0.2) is 24.1 Å². The molecule has 2 aliphatic carbocycles. The number of aryl methyl sites for hydroxylation is 4. The highest BCUT2D eigenvalue weighted by molar-refractivity contribution is 8.00. The zero-order valence-electron chi connectivity index (χ0n) is 15.5. The summed E-state index contributed by atoms with van der Waals surface area (Å²) in [6.07, 6.45) is 8.04. The van der Waals surface area contributed by atoms with E-state index in [0.29, 0.717) is 5.56 Å². The van der Waals surface area contributed by atoms with E-state index < -0.39 is 0 Å². The molecule has 4 heteroatoms. The third-order valence-corrected chi connectivity index (χ3v) is 6.43. The molecule has 4 rings (SSSR count). The minimum atomic E-state index is -0.341. The lowest BCUT2D eigenvalue weighted by molar-refractivity contribution is -0.139. The van der Waals surface area contributed by atoms with Gasteiger partial charge in [0.25, 0.3) is 0 Å². The number of esters is 1. The fourth-order valence-corrected chi connectivity index (χ4v) is 4.72. The molecular weight excluding hydrogens is 356 g/mol. The fourth-order valence-electron chi connectivity index (χ4n) is 3.96. The normalized spacial score (nSPS) is 15.1. The van der Waals surface area contributed by atoms with E-state index in [9.17, 15) is 9.59 Å². The first-order valence-corrected chi connectivity index (χ1v) is 10.7. The smallest absolute Gasteiger partial charge is 0.316 e. The molecule has 0 aliphatic heterocycles. The van der Waals surface area contributed by atoms with Crippen LogP contribution < -0.4 is 0 Å². The lowest BCUT2D eigenvalue weighted by Gasteiger charge is -2.16. The predicted octanol–water partition coefficient (Wildman–Crippen LogP) is 4.57. The van der Waals surface area contributed by atoms with Gasteiger partial charge in [-0.25, -0.2) is 0 Å². The molecule has 2 aromatic rings. The molecule has 140 valence electrons. The van der Waals surface area contributed by atoms with Gasteiger partial charge in [0, 0.05) is 10.5 Å². The van der Waals surface area contributed by atoms with Crippen molar-refractivity contribution >= 4 is 23.5 Å². The number of thioether (sulfide) groups is 1. The molecule has 2 aromatic carbocycles. The van der Waals surface area contributed by atoms with Crippen LogP contribution in [0.15, 0.2) is 41.3 Å². The van der Waals surface area contributed by atoms with Gasteiger partial charge in [-0.2, -0.15) is 0 Å². The Morgan fingerprint density at radius 1 is 0.815 bits per heavy atom. The van der Waals surface area contributed by atoms with E-state index in [1.54, 1.807) is 0 Å². The molecule has 0 atom stereocenters. The Morgan fingerprint density at radius 3 is 2.33 bits per heavy atom. The van der Waals surface area contributed by atoms with Gasteiger partial charge in [-0.1, -0.05) is 18.2 Å². The topological polar surface area (TPSA) is 43.4 Å². The first kappa shape index (κ1) is 18.3. The second-order valence-corrected chi connectivity index (χ2v) is 8.40. The van der Waals surface area contributed by atoms with E-state index >= 15 is 0 Å². The van der Waals surface area contributed by atoms with E-state index in [0.717, 1.165) is 30.6 Å². The molecule has 0 spiro atoms. The van der Waals surface area contributed by atoms with Crippen LogP contribution in [0.3, 0.4) is 0 Å². The predicted molar refractivity (Wildman–Crippen MR) is 108 cm³/mol. The summed E-state index contributed by atoms with van der Waals surface area (Å²) in [6, 6.07) is 12.3. The molecule has 0 N–H and O–H groups in total. The number of hydrogen-bond donors (Lipinski definition) is 0. The standard InChI is InChI=1S/C23H24O3S/c24-22(20-9-8-16-4-1-2-5-18(16)12-20)14-26-23(25)15-27-21-11-10-17-6-3-7-19(17)13-21/h8-13H,1-7,14-15H2. The summed E-state index contributed by atoms with van der Waals surface area (Å²) in [5, 5.41) is 0. The molecule has 0 unspecified atom stereocenters. The first-order chi connectivity index (χ1) is 13.2. The Bertz CT molecular complexity index is 872. The Labute approximate surface area is 164 Å². The first-order valence-electron chi connectivity index (χ1n) is 9.74. The molecule has 3 nitrogen and oxygen atoms in total. The summed E-state index contributed by atoms with van der Waals surface area (Å²) >= 11 is 1.47. The Morgan fingerprint density at radius 2 is 1.48 bits per heavy atom. The van der Waals surface area contributed by atoms with Crippen molar-refractivity contribution in [1.29, 1.82) is 0 Å². The van der Waals surface area contributed by atoms with Crippen LogP contribution in [0.4, 0.5) is 0 Å². The molecule has 27 heavy (non-hydrogen) atoms. The van der Waals surface area contributed by atoms with Gasteiger partial charge in [-0.05, 0) is 85.4 Å². The zero-order valence-corrected chi connectivity index (χ0v) is 16.3. The summed E-state index contributed by atoms with van der Waals surface area (Å²) in [5.74, 6) is -0.234. The minimum absolute atomic E-state index is 0.126. The highest BCUT2D eigenvalue weighted by Gasteiger charge is 2.15. The van der Waals surface area contributed by atoms with Crippen LogP contribution in [0.25, 0.3) is 0 Å². The van der Waals surface area contributed by atoms with Gasteiger partial charge in [-0.3, -0.25) is 9.59 Å². The van der Waals surface area contributed by atoms with Crippen LogP contribution >= 0.6 is 11.8 Å². The van der Waals surface area contributed by atoms with Crippen LogP contribution in [0.5, 0.6) is 0 Å². The molecule has 0 aromatic heterocycles. The molecule has 0 amide bonds. The van der Waals surface area contributed by atoms with Gasteiger partial charge < -0.3 is 4.74 Å². The van der Waals surface area contributed by atoms with Gasteiger partial charge in [0.2, 0.25) is 0 Å². The fraction of sp³-hybridized carbons (Fsp3) is 0.391. The lowest BCUT2D eigenvalue weighted by Crippen LogP contribution is -2.16. The van der Waals surface area contributed by atoms with Crippen LogP contribution in [0.2, 0.25) is 0 Å². The second-order valence-electron chi connectivity index (χ2n) is 7.35. The van der Waals surface area contributed by atoms with Crippen molar-refractivity contribution in [2.24, 2.45) is 0 Å². The number of Topliss-reactive ketones (excluding diaryl/α,β-unsaturated/α-hetero) is 1. The van der Waals surface area contributed by atoms with Gasteiger partial charge in [0.15, 0.2) is 12.4 Å². The average Bonchev–Trinajstić information content (AvgIpc) is 3.18. The van der Waals surface area contributed by atoms with Crippen molar-refractivity contribution in [3.63, 3.8) is 0 Å². The molecule has 0 saturated heterocycles. The van der Waals surface area contributed by atoms with Crippen molar-refractivity contribution < 1.29 is 14.3 Å². The van der Waals surface area contributed by atoms with Crippen LogP contribution in [0, 0.1) is 0 Å². The average molecular weight is 381 g/mol. The summed E-state index contributed by atoms with van der Waals surface area (Å²) < 4.78 is 5.21. The molecule has 0 radical (unpaired) electrons. The van der Waals surface area contributed by atoms with Crippen molar-refractivity contribution in [2.45, 2.75) is 49.8 Å². The lowest BCUT2D eigenvalue weighted by atomic mass is 9.90. The third kappa shape index (κ3) is 4.44. The SMILES string of the molecule is O=C(CSc1ccc2c(c1)CCC2)OCC(=O)c1ccc2c(c1)CCCC2. The monoisotopic (exact) mass is 380 g/mol. The Balaban J connectivity index is 1.27. The highest BCUT2D eigenvalue weighted by Crippen LogP contribution is 2.27. The summed E-state index contributed by atoms with van der Waals surface area (Å²) in [7, 11) is 0. The number of rotatable bonds is 6. The summed E-state index contributed by atoms with van der Waals surface area (Å²) in [4.78, 5) is 25.5. The van der Waals surface area contributed by atoms with Gasteiger partial charge >= 0.3 is 5.97 Å². The van der Waals surface area contributed by atoms with E-state index in [1.807, 2.05) is 18.2 Å². The van der Waals surface area contributed by atoms with Gasteiger partial charge in [-0.15, -0.1) is 11.8 Å². The molecule has 0 saturated carbocycles. The maximum atomic E-state index is 12.4. The molecule has 0 bridgehead atoms. The molecule has 2 aliphatic rings. The number of carbonyl (C=O) groups excluding carboxylic acids is 2. The quantitative estimate of drug-likeness (QED) is 0.418. The zero-order chi connectivity index (χ0) is 18.6. The second kappa shape index (κ2) is 8.30. The molecule has 0 heterocycles. The number of carbonyl (C=O) groups is 2. The maximum absolute atomic E-state index is 12.4. The van der Waals surface area contributed by atoms with Crippen LogP contribution in [0.1, 0.15) is 51.9 Å². The third-order valence-electron chi connectivity index (χ3n) is 5.46. The summed E-state index contributed by atoms with van der Waals surface area (Å²) in [6.45, 7) is -0.178. The number of hydrogen-bond acceptors (Lipinski definition) is 4. The van der Waals surface area contributed by atoms with E-state index in [2.05, 4.69) is 18.2 Å². The van der Waals surface area contributed by atoms with Gasteiger partial charge in [0.1, 0.15) is 0 Å². The highest BCUT2D eigenvalue weighted by atomic mass is 32.2. The van der Waals surface area contributed by atoms with Crippen molar-refractivity contribution in [1.82, 2.24) is 0 Å². The van der Waals surface area contributed by atoms with Crippen molar-refractivity contribution in [3.05, 3.63) is 64.2 Å². The Hall–Kier alpha value is -2.07. The largest absolute Gasteiger partial charge is 0.457 e. The Kier molecular flexibility index (Phi) is 5.63. The van der Waals surface area contributed by atoms with Crippen molar-refractivity contribution in [3.8, 4) is 0 Å². The van der Waals surface area contributed by atoms with Gasteiger partial charge in [0.05, 0.1) is 5.75 Å². The number of ketones is 1. The number of fused-ring (bicyclic) bond motifs is 2. The number of ether oxygens (including phenoxy) is 1.